The summed E-state index contributed by atoms with van der Waals surface area (Å²) < 4.78 is 6.07. The summed E-state index contributed by atoms with van der Waals surface area (Å²) in [6, 6.07) is 36.7. The van der Waals surface area contributed by atoms with Gasteiger partial charge < -0.3 is 4.74 Å². The zero-order chi connectivity index (χ0) is 27.0. The normalized spacial score (nSPS) is 13.5. The van der Waals surface area contributed by atoms with E-state index in [4.69, 9.17) is 9.73 Å². The second-order valence-electron chi connectivity index (χ2n) is 9.28. The Labute approximate surface area is 229 Å². The first-order valence-corrected chi connectivity index (χ1v) is 12.8. The number of hydrazone groups is 1. The molecule has 0 saturated carbocycles. The number of nitrogens with zero attached hydrogens (tertiary/aromatic N) is 3. The summed E-state index contributed by atoms with van der Waals surface area (Å²) in [7, 11) is 0. The van der Waals surface area contributed by atoms with Gasteiger partial charge in [-0.25, -0.2) is 10.0 Å². The Morgan fingerprint density at radius 2 is 1.51 bits per heavy atom. The molecule has 0 N–H and O–H groups in total. The van der Waals surface area contributed by atoms with Gasteiger partial charge in [0.25, 0.3) is 0 Å². The van der Waals surface area contributed by atoms with Crippen molar-refractivity contribution in [1.29, 1.82) is 0 Å². The van der Waals surface area contributed by atoms with Crippen molar-refractivity contribution in [2.24, 2.45) is 10.1 Å². The van der Waals surface area contributed by atoms with E-state index in [9.17, 15) is 4.79 Å². The molecular weight excluding hydrogens is 482 g/mol. The standard InChI is InChI=1S/C34H29N3O2/c1-25(23-38)36-37-26(2)35-33(30-18-16-28(17-19-30)20-27-10-5-3-6-11-27)22-34(37)31-14-9-15-32(21-31)39-24-29-12-7-4-8-13-29/h3-19,21-23H,2,20,24H2,1H3/b36-25+. The van der Waals surface area contributed by atoms with Crippen molar-refractivity contribution in [3.8, 4) is 5.75 Å². The molecule has 1 heterocycles. The average Bonchev–Trinajstić information content (AvgIpc) is 2.98. The largest absolute Gasteiger partial charge is 0.489 e. The van der Waals surface area contributed by atoms with Crippen LogP contribution in [-0.2, 0) is 17.8 Å². The number of carbonyl (C=O) groups is 1. The number of rotatable bonds is 9. The molecule has 5 rings (SSSR count). The molecule has 1 aliphatic heterocycles. The van der Waals surface area contributed by atoms with Crippen LogP contribution in [0.15, 0.2) is 138 Å². The summed E-state index contributed by atoms with van der Waals surface area (Å²) >= 11 is 0. The van der Waals surface area contributed by atoms with E-state index in [-0.39, 0.29) is 0 Å². The maximum Gasteiger partial charge on any atom is 0.165 e. The molecule has 0 spiro atoms. The van der Waals surface area contributed by atoms with Crippen molar-refractivity contribution in [3.05, 3.63) is 155 Å². The van der Waals surface area contributed by atoms with Crippen LogP contribution < -0.4 is 4.74 Å². The molecule has 0 radical (unpaired) electrons. The Kier molecular flexibility index (Phi) is 7.89. The number of hydrogen-bond donors (Lipinski definition) is 0. The van der Waals surface area contributed by atoms with Crippen molar-refractivity contribution >= 4 is 23.4 Å². The zero-order valence-corrected chi connectivity index (χ0v) is 21.8. The third kappa shape index (κ3) is 6.46. The highest BCUT2D eigenvalue weighted by Crippen LogP contribution is 2.31. The van der Waals surface area contributed by atoms with Gasteiger partial charge in [-0.15, -0.1) is 0 Å². The topological polar surface area (TPSA) is 54.3 Å². The van der Waals surface area contributed by atoms with Gasteiger partial charge in [-0.05, 0) is 48.2 Å². The van der Waals surface area contributed by atoms with E-state index in [0.717, 1.165) is 46.6 Å². The molecule has 0 aliphatic carbocycles. The van der Waals surface area contributed by atoms with Crippen molar-refractivity contribution in [3.63, 3.8) is 0 Å². The highest BCUT2D eigenvalue weighted by molar-refractivity contribution is 6.27. The smallest absolute Gasteiger partial charge is 0.165 e. The van der Waals surface area contributed by atoms with Crippen molar-refractivity contribution in [1.82, 2.24) is 5.01 Å². The SMILES string of the molecule is C=C1N=C(c2ccc(Cc3ccccc3)cc2)C=C(c2cccc(OCc3ccccc3)c2)N1/N=C(\C)C=O. The molecule has 5 nitrogen and oxygen atoms in total. The van der Waals surface area contributed by atoms with Crippen molar-refractivity contribution in [2.45, 2.75) is 20.0 Å². The summed E-state index contributed by atoms with van der Waals surface area (Å²) in [5.74, 6) is 1.15. The number of hydrogen-bond acceptors (Lipinski definition) is 5. The number of carbonyl (C=O) groups excluding carboxylic acids is 1. The monoisotopic (exact) mass is 511 g/mol. The van der Waals surface area contributed by atoms with Crippen LogP contribution in [0, 0.1) is 0 Å². The van der Waals surface area contributed by atoms with Gasteiger partial charge in [0.15, 0.2) is 6.29 Å². The quantitative estimate of drug-likeness (QED) is 0.179. The van der Waals surface area contributed by atoms with Crippen LogP contribution in [-0.4, -0.2) is 22.7 Å². The Balaban J connectivity index is 1.44. The van der Waals surface area contributed by atoms with Crippen LogP contribution in [0.4, 0.5) is 0 Å². The molecule has 0 fully saturated rings. The van der Waals surface area contributed by atoms with Gasteiger partial charge in [0.2, 0.25) is 0 Å². The number of benzene rings is 4. The van der Waals surface area contributed by atoms with Gasteiger partial charge >= 0.3 is 0 Å². The molecule has 4 aromatic carbocycles. The van der Waals surface area contributed by atoms with E-state index in [2.05, 4.69) is 60.2 Å². The second kappa shape index (κ2) is 12.0. The lowest BCUT2D eigenvalue weighted by atomic mass is 10.00. The van der Waals surface area contributed by atoms with E-state index in [1.54, 1.807) is 11.9 Å². The van der Waals surface area contributed by atoms with Gasteiger partial charge in [0.1, 0.15) is 18.2 Å². The fourth-order valence-corrected chi connectivity index (χ4v) is 4.31. The third-order valence-corrected chi connectivity index (χ3v) is 6.30. The van der Waals surface area contributed by atoms with E-state index < -0.39 is 0 Å². The van der Waals surface area contributed by atoms with Crippen molar-refractivity contribution < 1.29 is 9.53 Å². The lowest BCUT2D eigenvalue weighted by Crippen LogP contribution is -2.22. The van der Waals surface area contributed by atoms with Crippen LogP contribution in [0.25, 0.3) is 5.70 Å². The molecule has 0 saturated heterocycles. The Morgan fingerprint density at radius 1 is 0.846 bits per heavy atom. The van der Waals surface area contributed by atoms with Crippen LogP contribution >= 0.6 is 0 Å². The minimum atomic E-state index is 0.322. The van der Waals surface area contributed by atoms with E-state index >= 15 is 0 Å². The minimum absolute atomic E-state index is 0.322. The number of allylic oxidation sites excluding steroid dienone is 1. The summed E-state index contributed by atoms with van der Waals surface area (Å²) in [6.07, 6.45) is 3.55. The van der Waals surface area contributed by atoms with Crippen LogP contribution in [0.5, 0.6) is 5.75 Å². The molecule has 0 bridgehead atoms. The molecule has 1 aliphatic rings. The molecular formula is C34H29N3O2. The van der Waals surface area contributed by atoms with Crippen LogP contribution in [0.2, 0.25) is 0 Å². The van der Waals surface area contributed by atoms with Crippen molar-refractivity contribution in [2.75, 3.05) is 0 Å². The summed E-state index contributed by atoms with van der Waals surface area (Å²) in [5, 5.41) is 6.08. The van der Waals surface area contributed by atoms with Crippen LogP contribution in [0.1, 0.15) is 34.7 Å². The molecule has 39 heavy (non-hydrogen) atoms. The highest BCUT2D eigenvalue weighted by Gasteiger charge is 2.22. The first kappa shape index (κ1) is 25.6. The minimum Gasteiger partial charge on any atom is -0.489 e. The maximum atomic E-state index is 11.4. The molecule has 0 aromatic heterocycles. The maximum absolute atomic E-state index is 11.4. The van der Waals surface area contributed by atoms with E-state index in [0.29, 0.717) is 18.1 Å². The van der Waals surface area contributed by atoms with Gasteiger partial charge in [0, 0.05) is 11.1 Å². The predicted octanol–water partition coefficient (Wildman–Crippen LogP) is 7.05. The first-order chi connectivity index (χ1) is 19.1. The van der Waals surface area contributed by atoms with Gasteiger partial charge in [0.05, 0.1) is 17.1 Å². The Bertz CT molecular complexity index is 1550. The number of aldehydes is 1. The summed E-state index contributed by atoms with van der Waals surface area (Å²) in [5.41, 5.74) is 7.27. The number of aliphatic imine (C=N–C) groups is 1. The Morgan fingerprint density at radius 3 is 2.21 bits per heavy atom. The fraction of sp³-hybridized carbons (Fsp3) is 0.0882. The predicted molar refractivity (Wildman–Crippen MR) is 158 cm³/mol. The highest BCUT2D eigenvalue weighted by atomic mass is 16.5. The molecule has 0 unspecified atom stereocenters. The van der Waals surface area contributed by atoms with Gasteiger partial charge in [-0.1, -0.05) is 104 Å². The van der Waals surface area contributed by atoms with E-state index in [1.807, 2.05) is 66.7 Å². The lowest BCUT2D eigenvalue weighted by molar-refractivity contribution is -0.102. The summed E-state index contributed by atoms with van der Waals surface area (Å²) in [6.45, 7) is 6.27. The van der Waals surface area contributed by atoms with Gasteiger partial charge in [-0.2, -0.15) is 5.10 Å². The molecule has 0 atom stereocenters. The Hall–Kier alpha value is -5.03. The lowest BCUT2D eigenvalue weighted by Gasteiger charge is -2.27. The molecule has 192 valence electrons. The summed E-state index contributed by atoms with van der Waals surface area (Å²) in [4.78, 5) is 16.1. The van der Waals surface area contributed by atoms with Gasteiger partial charge in [-0.3, -0.25) is 4.79 Å². The molecule has 4 aromatic rings. The average molecular weight is 512 g/mol. The molecule has 0 amide bonds. The van der Waals surface area contributed by atoms with E-state index in [1.165, 1.54) is 11.1 Å². The molecule has 5 heteroatoms. The fourth-order valence-electron chi connectivity index (χ4n) is 4.31. The number of ether oxygens (including phenoxy) is 1. The second-order valence-corrected chi connectivity index (χ2v) is 9.28. The van der Waals surface area contributed by atoms with Crippen LogP contribution in [0.3, 0.4) is 0 Å². The zero-order valence-electron chi connectivity index (χ0n) is 21.8. The third-order valence-electron chi connectivity index (χ3n) is 6.30. The first-order valence-electron chi connectivity index (χ1n) is 12.8.